The van der Waals surface area contributed by atoms with Crippen molar-refractivity contribution in [2.24, 2.45) is 4.99 Å². The van der Waals surface area contributed by atoms with Crippen LogP contribution in [0.25, 0.3) is 6.08 Å². The molecule has 3 rings (SSSR count). The van der Waals surface area contributed by atoms with E-state index in [9.17, 15) is 9.90 Å². The molecular weight excluding hydrogens is 332 g/mol. The Kier molecular flexibility index (Phi) is 4.68. The van der Waals surface area contributed by atoms with Crippen LogP contribution in [0.5, 0.6) is 5.75 Å². The van der Waals surface area contributed by atoms with Crippen LogP contribution in [0.4, 0.5) is 5.69 Å². The summed E-state index contributed by atoms with van der Waals surface area (Å²) in [4.78, 5) is 17.4. The fraction of sp³-hybridized carbons (Fsp3) is 0.200. The molecule has 0 unspecified atom stereocenters. The molecule has 1 aliphatic rings. The number of carbonyl (C=O) groups excluding carboxylic acids is 1. The monoisotopic (exact) mass is 352 g/mol. The number of nitrogens with one attached hydrogen (secondary N) is 1. The zero-order chi connectivity index (χ0) is 18.1. The molecule has 128 valence electrons. The van der Waals surface area contributed by atoms with E-state index >= 15 is 0 Å². The Bertz CT molecular complexity index is 906. The molecular formula is C20H20N2O2S. The van der Waals surface area contributed by atoms with Crippen molar-refractivity contribution < 1.29 is 9.90 Å². The van der Waals surface area contributed by atoms with Crippen LogP contribution in [0.15, 0.2) is 40.2 Å². The molecule has 0 atom stereocenters. The van der Waals surface area contributed by atoms with E-state index < -0.39 is 0 Å². The van der Waals surface area contributed by atoms with Crippen LogP contribution >= 0.6 is 11.8 Å². The van der Waals surface area contributed by atoms with E-state index in [0.29, 0.717) is 15.8 Å². The first kappa shape index (κ1) is 17.3. The normalized spacial score (nSPS) is 17.4. The number of carbonyl (C=O) groups is 1. The fourth-order valence-corrected chi connectivity index (χ4v) is 3.51. The number of nitrogens with zero attached hydrogens (tertiary/aromatic N) is 1. The lowest BCUT2D eigenvalue weighted by atomic mass is 10.1. The molecule has 1 fully saturated rings. The third-order valence-corrected chi connectivity index (χ3v) is 5.17. The average molecular weight is 352 g/mol. The highest BCUT2D eigenvalue weighted by atomic mass is 32.2. The lowest BCUT2D eigenvalue weighted by Crippen LogP contribution is -2.19. The highest BCUT2D eigenvalue weighted by Crippen LogP contribution is 2.31. The summed E-state index contributed by atoms with van der Waals surface area (Å²) >= 11 is 1.33. The van der Waals surface area contributed by atoms with Gasteiger partial charge in [0.1, 0.15) is 5.75 Å². The molecule has 0 aromatic heterocycles. The molecule has 0 spiro atoms. The van der Waals surface area contributed by atoms with Gasteiger partial charge in [0.2, 0.25) is 0 Å². The quantitative estimate of drug-likeness (QED) is 0.781. The third kappa shape index (κ3) is 3.61. The van der Waals surface area contributed by atoms with Gasteiger partial charge in [-0.1, -0.05) is 12.1 Å². The fourth-order valence-electron chi connectivity index (χ4n) is 2.67. The van der Waals surface area contributed by atoms with E-state index in [1.54, 1.807) is 0 Å². The Morgan fingerprint density at radius 3 is 2.44 bits per heavy atom. The van der Waals surface area contributed by atoms with Crippen molar-refractivity contribution in [3.63, 3.8) is 0 Å². The second-order valence-corrected chi connectivity index (χ2v) is 7.23. The van der Waals surface area contributed by atoms with Crippen LogP contribution in [-0.2, 0) is 4.79 Å². The molecule has 0 bridgehead atoms. The topological polar surface area (TPSA) is 61.7 Å². The first-order chi connectivity index (χ1) is 11.8. The predicted molar refractivity (Wildman–Crippen MR) is 104 cm³/mol. The molecule has 1 aliphatic heterocycles. The van der Waals surface area contributed by atoms with Crippen LogP contribution in [0.1, 0.15) is 27.8 Å². The molecule has 25 heavy (non-hydrogen) atoms. The van der Waals surface area contributed by atoms with Gasteiger partial charge in [-0.15, -0.1) is 0 Å². The minimum absolute atomic E-state index is 0.155. The van der Waals surface area contributed by atoms with Crippen molar-refractivity contribution in [2.45, 2.75) is 27.7 Å². The zero-order valence-corrected chi connectivity index (χ0v) is 15.5. The number of thioether (sulfide) groups is 1. The van der Waals surface area contributed by atoms with Gasteiger partial charge in [-0.25, -0.2) is 4.99 Å². The molecule has 2 aromatic rings. The number of rotatable bonds is 2. The van der Waals surface area contributed by atoms with Crippen LogP contribution < -0.4 is 5.32 Å². The van der Waals surface area contributed by atoms with Crippen molar-refractivity contribution >= 4 is 34.6 Å². The Labute approximate surface area is 151 Å². The summed E-state index contributed by atoms with van der Waals surface area (Å²) in [6.45, 7) is 7.76. The molecule has 2 N–H and O–H groups in total. The van der Waals surface area contributed by atoms with E-state index in [1.165, 1.54) is 17.3 Å². The lowest BCUT2D eigenvalue weighted by molar-refractivity contribution is -0.115. The number of amides is 1. The highest BCUT2D eigenvalue weighted by Gasteiger charge is 2.24. The van der Waals surface area contributed by atoms with Gasteiger partial charge in [-0.05, 0) is 91.5 Å². The van der Waals surface area contributed by atoms with E-state index in [1.807, 2.05) is 64.1 Å². The van der Waals surface area contributed by atoms with Crippen molar-refractivity contribution in [2.75, 3.05) is 0 Å². The summed E-state index contributed by atoms with van der Waals surface area (Å²) in [6.07, 6.45) is 1.82. The molecule has 2 aromatic carbocycles. The van der Waals surface area contributed by atoms with Crippen LogP contribution in [0.2, 0.25) is 0 Å². The Morgan fingerprint density at radius 2 is 1.76 bits per heavy atom. The number of amidine groups is 1. The standard InChI is InChI=1S/C20H20N2O2S/c1-11-6-5-7-16(14(11)4)21-20-22-19(24)17(25-20)10-15-8-12(2)18(23)13(3)9-15/h5-10,23H,1-4H3,(H,21,22,24)/b17-10-. The average Bonchev–Trinajstić information content (AvgIpc) is 2.89. The number of phenols is 1. The molecule has 4 nitrogen and oxygen atoms in total. The zero-order valence-electron chi connectivity index (χ0n) is 14.7. The van der Waals surface area contributed by atoms with E-state index in [-0.39, 0.29) is 5.91 Å². The van der Waals surface area contributed by atoms with Crippen molar-refractivity contribution in [1.82, 2.24) is 5.32 Å². The number of benzene rings is 2. The number of aryl methyl sites for hydroxylation is 3. The van der Waals surface area contributed by atoms with E-state index in [2.05, 4.69) is 10.3 Å². The maximum absolute atomic E-state index is 12.2. The second kappa shape index (κ2) is 6.76. The van der Waals surface area contributed by atoms with Gasteiger partial charge in [0.25, 0.3) is 5.91 Å². The van der Waals surface area contributed by atoms with Gasteiger partial charge in [0, 0.05) is 0 Å². The molecule has 1 heterocycles. The maximum Gasteiger partial charge on any atom is 0.264 e. The van der Waals surface area contributed by atoms with Crippen LogP contribution in [-0.4, -0.2) is 16.2 Å². The minimum Gasteiger partial charge on any atom is -0.507 e. The number of phenolic OH excluding ortho intramolecular Hbond substituents is 1. The molecule has 1 amide bonds. The van der Waals surface area contributed by atoms with Gasteiger partial charge >= 0.3 is 0 Å². The predicted octanol–water partition coefficient (Wildman–Crippen LogP) is 4.52. The number of aromatic hydroxyl groups is 1. The van der Waals surface area contributed by atoms with Crippen molar-refractivity contribution in [3.05, 3.63) is 63.1 Å². The van der Waals surface area contributed by atoms with Gasteiger partial charge in [-0.3, -0.25) is 4.79 Å². The van der Waals surface area contributed by atoms with Gasteiger partial charge in [0.05, 0.1) is 10.6 Å². The molecule has 1 saturated heterocycles. The highest BCUT2D eigenvalue weighted by molar-refractivity contribution is 8.18. The van der Waals surface area contributed by atoms with Crippen molar-refractivity contribution in [3.8, 4) is 5.75 Å². The number of hydrogen-bond acceptors (Lipinski definition) is 4. The van der Waals surface area contributed by atoms with Gasteiger partial charge < -0.3 is 10.4 Å². The number of hydrogen-bond donors (Lipinski definition) is 2. The molecule has 0 aliphatic carbocycles. The molecule has 5 heteroatoms. The molecule has 0 saturated carbocycles. The van der Waals surface area contributed by atoms with Gasteiger partial charge in [0.15, 0.2) is 5.17 Å². The third-order valence-electron chi connectivity index (χ3n) is 4.26. The maximum atomic E-state index is 12.2. The SMILES string of the molecule is Cc1cccc(N=C2NC(=O)/C(=C/c3cc(C)c(O)c(C)c3)S2)c1C. The first-order valence-corrected chi connectivity index (χ1v) is 8.83. The molecule has 0 radical (unpaired) electrons. The minimum atomic E-state index is -0.155. The summed E-state index contributed by atoms with van der Waals surface area (Å²) < 4.78 is 0. The van der Waals surface area contributed by atoms with E-state index in [4.69, 9.17) is 0 Å². The van der Waals surface area contributed by atoms with Gasteiger partial charge in [-0.2, -0.15) is 0 Å². The van der Waals surface area contributed by atoms with Crippen molar-refractivity contribution in [1.29, 1.82) is 0 Å². The lowest BCUT2D eigenvalue weighted by Gasteiger charge is -2.05. The summed E-state index contributed by atoms with van der Waals surface area (Å²) in [6, 6.07) is 9.67. The first-order valence-electron chi connectivity index (χ1n) is 8.01. The Morgan fingerprint density at radius 1 is 1.08 bits per heavy atom. The number of aliphatic imine (C=N–C) groups is 1. The summed E-state index contributed by atoms with van der Waals surface area (Å²) in [5.41, 5.74) is 5.60. The largest absolute Gasteiger partial charge is 0.507 e. The van der Waals surface area contributed by atoms with E-state index in [0.717, 1.165) is 27.9 Å². The summed E-state index contributed by atoms with van der Waals surface area (Å²) in [7, 11) is 0. The smallest absolute Gasteiger partial charge is 0.264 e. The Balaban J connectivity index is 1.90. The summed E-state index contributed by atoms with van der Waals surface area (Å²) in [5, 5.41) is 13.3. The summed E-state index contributed by atoms with van der Waals surface area (Å²) in [5.74, 6) is 0.139. The van der Waals surface area contributed by atoms with Crippen LogP contribution in [0, 0.1) is 27.7 Å². The second-order valence-electron chi connectivity index (χ2n) is 6.20. The Hall–Kier alpha value is -2.53. The van der Waals surface area contributed by atoms with Crippen LogP contribution in [0.3, 0.4) is 0 Å².